The molecule has 3 unspecified atom stereocenters. The molecule has 5 heteroatoms. The lowest BCUT2D eigenvalue weighted by molar-refractivity contribution is 0.0690. The Bertz CT molecular complexity index is 388. The highest BCUT2D eigenvalue weighted by Gasteiger charge is 2.31. The molecule has 0 aliphatic carbocycles. The zero-order valence-electron chi connectivity index (χ0n) is 10.8. The van der Waals surface area contributed by atoms with Gasteiger partial charge in [-0.2, -0.15) is 0 Å². The summed E-state index contributed by atoms with van der Waals surface area (Å²) in [5.74, 6) is 1.68. The van der Waals surface area contributed by atoms with Crippen molar-refractivity contribution in [3.63, 3.8) is 0 Å². The van der Waals surface area contributed by atoms with Crippen LogP contribution in [-0.4, -0.2) is 24.0 Å². The van der Waals surface area contributed by atoms with Crippen molar-refractivity contribution < 1.29 is 4.42 Å². The molecule has 2 rings (SSSR count). The Balaban J connectivity index is 2.21. The molecule has 18 heavy (non-hydrogen) atoms. The number of piperidine rings is 1. The first kappa shape index (κ1) is 14.6. The van der Waals surface area contributed by atoms with E-state index in [1.807, 2.05) is 6.07 Å². The highest BCUT2D eigenvalue weighted by atomic mass is 79.9. The van der Waals surface area contributed by atoms with E-state index in [0.717, 1.165) is 27.4 Å². The number of rotatable bonds is 3. The van der Waals surface area contributed by atoms with Gasteiger partial charge in [0.1, 0.15) is 5.76 Å². The highest BCUT2D eigenvalue weighted by Crippen LogP contribution is 2.35. The topological polar surface area (TPSA) is 42.4 Å². The van der Waals surface area contributed by atoms with Crippen molar-refractivity contribution in [3.8, 4) is 0 Å². The average molecular weight is 380 g/mol. The Labute approximate surface area is 125 Å². The molecule has 1 aromatic heterocycles. The Morgan fingerprint density at radius 2 is 2.17 bits per heavy atom. The minimum atomic E-state index is 0.172. The minimum Gasteiger partial charge on any atom is -0.451 e. The van der Waals surface area contributed by atoms with E-state index in [2.05, 4.69) is 50.6 Å². The van der Waals surface area contributed by atoms with Gasteiger partial charge in [-0.15, -0.1) is 0 Å². The number of likely N-dealkylation sites (tertiary alicyclic amines) is 1. The second kappa shape index (κ2) is 6.07. The summed E-state index contributed by atoms with van der Waals surface area (Å²) in [6.07, 6.45) is 2.54. The molecule has 2 heterocycles. The van der Waals surface area contributed by atoms with Crippen LogP contribution in [0.1, 0.15) is 38.5 Å². The first-order valence-corrected chi connectivity index (χ1v) is 8.02. The van der Waals surface area contributed by atoms with Crippen molar-refractivity contribution in [2.45, 2.75) is 38.8 Å². The second-order valence-electron chi connectivity index (χ2n) is 5.25. The average Bonchev–Trinajstić information content (AvgIpc) is 2.65. The third kappa shape index (κ3) is 3.00. The normalized spacial score (nSPS) is 27.4. The third-order valence-corrected chi connectivity index (χ3v) is 5.49. The minimum absolute atomic E-state index is 0.172. The van der Waals surface area contributed by atoms with Gasteiger partial charge in [0.25, 0.3) is 0 Å². The fourth-order valence-electron chi connectivity index (χ4n) is 2.70. The lowest BCUT2D eigenvalue weighted by Crippen LogP contribution is -2.45. The summed E-state index contributed by atoms with van der Waals surface area (Å²) in [4.78, 5) is 2.48. The lowest BCUT2D eigenvalue weighted by atomic mass is 9.93. The first-order valence-electron chi connectivity index (χ1n) is 6.43. The summed E-state index contributed by atoms with van der Waals surface area (Å²) >= 11 is 6.86. The van der Waals surface area contributed by atoms with Gasteiger partial charge in [0.15, 0.2) is 4.67 Å². The lowest BCUT2D eigenvalue weighted by Gasteiger charge is -2.40. The zero-order chi connectivity index (χ0) is 13.3. The molecule has 102 valence electrons. The van der Waals surface area contributed by atoms with Gasteiger partial charge in [0, 0.05) is 19.1 Å². The number of halogens is 2. The van der Waals surface area contributed by atoms with E-state index in [0.29, 0.717) is 12.6 Å². The molecule has 0 bridgehead atoms. The molecule has 1 fully saturated rings. The molecule has 0 saturated carbocycles. The van der Waals surface area contributed by atoms with Crippen molar-refractivity contribution in [3.05, 3.63) is 21.0 Å². The van der Waals surface area contributed by atoms with Crippen LogP contribution in [0.25, 0.3) is 0 Å². The fraction of sp³-hybridized carbons (Fsp3) is 0.692. The van der Waals surface area contributed by atoms with E-state index < -0.39 is 0 Å². The summed E-state index contributed by atoms with van der Waals surface area (Å²) in [7, 11) is 0. The van der Waals surface area contributed by atoms with E-state index in [4.69, 9.17) is 10.2 Å². The van der Waals surface area contributed by atoms with Gasteiger partial charge < -0.3 is 10.2 Å². The maximum absolute atomic E-state index is 5.97. The van der Waals surface area contributed by atoms with Gasteiger partial charge >= 0.3 is 0 Å². The van der Waals surface area contributed by atoms with Crippen molar-refractivity contribution >= 4 is 31.9 Å². The van der Waals surface area contributed by atoms with Crippen molar-refractivity contribution in [1.82, 2.24) is 4.90 Å². The molecule has 0 amide bonds. The van der Waals surface area contributed by atoms with Crippen LogP contribution in [0.5, 0.6) is 0 Å². The maximum atomic E-state index is 5.97. The molecule has 3 nitrogen and oxygen atoms in total. The molecular formula is C13H20Br2N2O. The Hall–Kier alpha value is 0.160. The molecule has 1 aliphatic rings. The molecule has 0 spiro atoms. The van der Waals surface area contributed by atoms with Crippen molar-refractivity contribution in [2.24, 2.45) is 11.7 Å². The highest BCUT2D eigenvalue weighted by molar-refractivity contribution is 9.13. The fourth-order valence-corrected chi connectivity index (χ4v) is 3.31. The van der Waals surface area contributed by atoms with Crippen LogP contribution in [-0.2, 0) is 0 Å². The van der Waals surface area contributed by atoms with E-state index >= 15 is 0 Å². The molecule has 1 aromatic rings. The molecule has 1 aliphatic heterocycles. The van der Waals surface area contributed by atoms with Gasteiger partial charge in [-0.25, -0.2) is 0 Å². The van der Waals surface area contributed by atoms with Crippen LogP contribution in [0, 0.1) is 5.92 Å². The molecule has 3 atom stereocenters. The van der Waals surface area contributed by atoms with Crippen molar-refractivity contribution in [2.75, 3.05) is 13.1 Å². The summed E-state index contributed by atoms with van der Waals surface area (Å²) in [6, 6.07) is 2.76. The first-order chi connectivity index (χ1) is 8.52. The van der Waals surface area contributed by atoms with Gasteiger partial charge in [-0.1, -0.05) is 6.92 Å². The van der Waals surface area contributed by atoms with Gasteiger partial charge in [0.05, 0.1) is 10.5 Å². The van der Waals surface area contributed by atoms with E-state index in [9.17, 15) is 0 Å². The zero-order valence-corrected chi connectivity index (χ0v) is 14.0. The Kier molecular flexibility index (Phi) is 4.92. The Morgan fingerprint density at radius 3 is 2.72 bits per heavy atom. The van der Waals surface area contributed by atoms with Crippen LogP contribution in [0.3, 0.4) is 0 Å². The smallest absolute Gasteiger partial charge is 0.183 e. The summed E-state index contributed by atoms with van der Waals surface area (Å²) in [6.45, 7) is 6.27. The van der Waals surface area contributed by atoms with Crippen molar-refractivity contribution in [1.29, 1.82) is 0 Å². The monoisotopic (exact) mass is 378 g/mol. The summed E-state index contributed by atoms with van der Waals surface area (Å²) in [5.41, 5.74) is 5.97. The van der Waals surface area contributed by atoms with Crippen LogP contribution < -0.4 is 5.73 Å². The number of hydrogen-bond acceptors (Lipinski definition) is 3. The molecule has 0 aromatic carbocycles. The molecule has 0 radical (unpaired) electrons. The summed E-state index contributed by atoms with van der Waals surface area (Å²) < 4.78 is 7.45. The van der Waals surface area contributed by atoms with Gasteiger partial charge in [0.2, 0.25) is 0 Å². The number of furan rings is 1. The predicted molar refractivity (Wildman–Crippen MR) is 80.5 cm³/mol. The number of hydrogen-bond donors (Lipinski definition) is 1. The van der Waals surface area contributed by atoms with E-state index in [1.165, 1.54) is 12.8 Å². The van der Waals surface area contributed by atoms with E-state index in [-0.39, 0.29) is 6.04 Å². The molecule has 2 N–H and O–H groups in total. The number of nitrogens with zero attached hydrogens (tertiary/aromatic N) is 1. The van der Waals surface area contributed by atoms with Crippen LogP contribution in [0.4, 0.5) is 0 Å². The SMILES string of the molecule is CC1CCC(C)N(C(CN)c2cc(Br)c(Br)o2)C1. The maximum Gasteiger partial charge on any atom is 0.183 e. The van der Waals surface area contributed by atoms with Gasteiger partial charge in [-0.3, -0.25) is 4.90 Å². The number of nitrogens with two attached hydrogens (primary N) is 1. The van der Waals surface area contributed by atoms with Crippen LogP contribution in [0.2, 0.25) is 0 Å². The van der Waals surface area contributed by atoms with Crippen LogP contribution in [0.15, 0.2) is 19.6 Å². The summed E-state index contributed by atoms with van der Waals surface area (Å²) in [5, 5.41) is 0. The third-order valence-electron chi connectivity index (χ3n) is 3.78. The van der Waals surface area contributed by atoms with Gasteiger partial charge in [-0.05, 0) is 63.6 Å². The molecule has 1 saturated heterocycles. The standard InChI is InChI=1S/C13H20Br2N2O/c1-8-3-4-9(2)17(7-8)11(6-16)12-5-10(14)13(15)18-12/h5,8-9,11H,3-4,6-7,16H2,1-2H3. The molecular weight excluding hydrogens is 360 g/mol. The quantitative estimate of drug-likeness (QED) is 0.865. The second-order valence-corrected chi connectivity index (χ2v) is 6.82. The van der Waals surface area contributed by atoms with E-state index in [1.54, 1.807) is 0 Å². The predicted octanol–water partition coefficient (Wildman–Crippen LogP) is 3.92. The largest absolute Gasteiger partial charge is 0.451 e. The Morgan fingerprint density at radius 1 is 1.44 bits per heavy atom. The van der Waals surface area contributed by atoms with Crippen LogP contribution >= 0.6 is 31.9 Å².